The van der Waals surface area contributed by atoms with E-state index < -0.39 is 0 Å². The zero-order chi connectivity index (χ0) is 13.7. The van der Waals surface area contributed by atoms with Gasteiger partial charge in [-0.3, -0.25) is 11.3 Å². The lowest BCUT2D eigenvalue weighted by Crippen LogP contribution is -2.30. The minimum atomic E-state index is 0.0842. The lowest BCUT2D eigenvalue weighted by Gasteiger charge is -2.23. The van der Waals surface area contributed by atoms with Crippen molar-refractivity contribution in [3.05, 3.63) is 23.8 Å². The van der Waals surface area contributed by atoms with Gasteiger partial charge in [0.15, 0.2) is 11.5 Å². The summed E-state index contributed by atoms with van der Waals surface area (Å²) in [6, 6.07) is 6.05. The van der Waals surface area contributed by atoms with Gasteiger partial charge in [-0.15, -0.1) is 0 Å². The summed E-state index contributed by atoms with van der Waals surface area (Å²) in [7, 11) is 1.71. The van der Waals surface area contributed by atoms with Gasteiger partial charge in [-0.1, -0.05) is 13.0 Å². The van der Waals surface area contributed by atoms with Gasteiger partial charge in [0.1, 0.15) is 13.2 Å². The average Bonchev–Trinajstić information content (AvgIpc) is 2.44. The Morgan fingerprint density at radius 1 is 1.32 bits per heavy atom. The van der Waals surface area contributed by atoms with E-state index in [0.717, 1.165) is 30.1 Å². The maximum Gasteiger partial charge on any atom is 0.161 e. The number of fused-ring (bicyclic) bond motifs is 1. The van der Waals surface area contributed by atoms with Crippen LogP contribution in [0.15, 0.2) is 18.2 Å². The van der Waals surface area contributed by atoms with E-state index in [1.807, 2.05) is 18.2 Å². The molecule has 1 heterocycles. The predicted octanol–water partition coefficient (Wildman–Crippen LogP) is 1.63. The molecule has 1 aliphatic heterocycles. The molecule has 19 heavy (non-hydrogen) atoms. The Hall–Kier alpha value is -1.30. The van der Waals surface area contributed by atoms with Gasteiger partial charge in [-0.2, -0.15) is 0 Å². The molecule has 0 saturated heterocycles. The largest absolute Gasteiger partial charge is 0.486 e. The minimum Gasteiger partial charge on any atom is -0.486 e. The summed E-state index contributed by atoms with van der Waals surface area (Å²) in [5, 5.41) is 0. The third-order valence-electron chi connectivity index (χ3n) is 3.26. The Morgan fingerprint density at radius 3 is 2.74 bits per heavy atom. The maximum absolute atomic E-state index is 5.66. The molecule has 2 unspecified atom stereocenters. The fourth-order valence-corrected chi connectivity index (χ4v) is 2.33. The lowest BCUT2D eigenvalue weighted by molar-refractivity contribution is 0.149. The molecule has 2 atom stereocenters. The molecule has 3 N–H and O–H groups in total. The number of methoxy groups -OCH3 is 1. The van der Waals surface area contributed by atoms with Gasteiger partial charge in [0, 0.05) is 19.8 Å². The molecule has 5 nitrogen and oxygen atoms in total. The normalized spacial score (nSPS) is 17.0. The van der Waals surface area contributed by atoms with Crippen LogP contribution in [0.25, 0.3) is 0 Å². The number of hydrogen-bond acceptors (Lipinski definition) is 5. The van der Waals surface area contributed by atoms with Crippen LogP contribution in [0.3, 0.4) is 0 Å². The number of hydrogen-bond donors (Lipinski definition) is 2. The second kappa shape index (κ2) is 6.75. The van der Waals surface area contributed by atoms with E-state index >= 15 is 0 Å². The first kappa shape index (κ1) is 14.1. The molecule has 106 valence electrons. The van der Waals surface area contributed by atoms with Crippen molar-refractivity contribution in [2.75, 3.05) is 26.9 Å². The van der Waals surface area contributed by atoms with Crippen LogP contribution in [0.1, 0.15) is 24.9 Å². The zero-order valence-electron chi connectivity index (χ0n) is 11.5. The predicted molar refractivity (Wildman–Crippen MR) is 73.2 cm³/mol. The van der Waals surface area contributed by atoms with Crippen LogP contribution < -0.4 is 20.7 Å². The van der Waals surface area contributed by atoms with Gasteiger partial charge in [0.05, 0.1) is 0 Å². The fourth-order valence-electron chi connectivity index (χ4n) is 2.33. The summed E-state index contributed by atoms with van der Waals surface area (Å²) in [6.45, 7) is 4.07. The molecule has 1 aliphatic rings. The van der Waals surface area contributed by atoms with Crippen molar-refractivity contribution in [2.24, 2.45) is 11.8 Å². The van der Waals surface area contributed by atoms with Gasteiger partial charge in [-0.25, -0.2) is 0 Å². The Morgan fingerprint density at radius 2 is 2.05 bits per heavy atom. The third-order valence-corrected chi connectivity index (χ3v) is 3.26. The smallest absolute Gasteiger partial charge is 0.161 e. The van der Waals surface area contributed by atoms with E-state index in [9.17, 15) is 0 Å². The molecular formula is C14H22N2O3. The molecule has 0 amide bonds. The first-order valence-electron chi connectivity index (χ1n) is 6.59. The second-order valence-corrected chi connectivity index (χ2v) is 4.92. The Bertz CT molecular complexity index is 412. The van der Waals surface area contributed by atoms with Crippen molar-refractivity contribution in [1.29, 1.82) is 0 Å². The first-order valence-corrected chi connectivity index (χ1v) is 6.59. The molecule has 0 aromatic heterocycles. The standard InChI is InChI=1S/C14H22N2O3/c1-10(9-17-2)7-12(16-15)11-3-4-13-14(8-11)19-6-5-18-13/h3-4,8,10,12,16H,5-7,9,15H2,1-2H3. The number of ether oxygens (including phenoxy) is 3. The summed E-state index contributed by atoms with van der Waals surface area (Å²) in [5.74, 6) is 7.69. The summed E-state index contributed by atoms with van der Waals surface area (Å²) < 4.78 is 16.3. The molecule has 0 fully saturated rings. The van der Waals surface area contributed by atoms with Crippen LogP contribution in [-0.2, 0) is 4.74 Å². The van der Waals surface area contributed by atoms with Crippen molar-refractivity contribution in [2.45, 2.75) is 19.4 Å². The second-order valence-electron chi connectivity index (χ2n) is 4.92. The summed E-state index contributed by atoms with van der Waals surface area (Å²) in [6.07, 6.45) is 0.907. The molecule has 0 radical (unpaired) electrons. The Kier molecular flexibility index (Phi) is 5.01. The van der Waals surface area contributed by atoms with Gasteiger partial charge < -0.3 is 14.2 Å². The number of hydrazine groups is 1. The summed E-state index contributed by atoms with van der Waals surface area (Å²) in [4.78, 5) is 0. The number of nitrogens with one attached hydrogen (secondary N) is 1. The van der Waals surface area contributed by atoms with E-state index in [2.05, 4.69) is 12.3 Å². The SMILES string of the molecule is COCC(C)CC(NN)c1ccc2c(c1)OCCO2. The highest BCUT2D eigenvalue weighted by molar-refractivity contribution is 5.44. The van der Waals surface area contributed by atoms with Gasteiger partial charge in [-0.05, 0) is 30.0 Å². The Balaban J connectivity index is 2.09. The third kappa shape index (κ3) is 3.59. The molecule has 0 saturated carbocycles. The topological polar surface area (TPSA) is 65.7 Å². The monoisotopic (exact) mass is 266 g/mol. The zero-order valence-corrected chi connectivity index (χ0v) is 11.5. The van der Waals surface area contributed by atoms with Gasteiger partial charge >= 0.3 is 0 Å². The highest BCUT2D eigenvalue weighted by atomic mass is 16.6. The number of rotatable bonds is 6. The van der Waals surface area contributed by atoms with Crippen LogP contribution >= 0.6 is 0 Å². The highest BCUT2D eigenvalue weighted by Crippen LogP contribution is 2.33. The van der Waals surface area contributed by atoms with Crippen LogP contribution in [0.2, 0.25) is 0 Å². The summed E-state index contributed by atoms with van der Waals surface area (Å²) in [5.41, 5.74) is 3.97. The van der Waals surface area contributed by atoms with Gasteiger partial charge in [0.25, 0.3) is 0 Å². The van der Waals surface area contributed by atoms with E-state index in [1.54, 1.807) is 7.11 Å². The van der Waals surface area contributed by atoms with Crippen molar-refractivity contribution >= 4 is 0 Å². The quantitative estimate of drug-likeness (QED) is 0.605. The number of nitrogens with two attached hydrogens (primary N) is 1. The summed E-state index contributed by atoms with van der Waals surface area (Å²) >= 11 is 0. The minimum absolute atomic E-state index is 0.0842. The van der Waals surface area contributed by atoms with E-state index in [4.69, 9.17) is 20.1 Å². The van der Waals surface area contributed by atoms with Crippen molar-refractivity contribution in [3.63, 3.8) is 0 Å². The molecule has 0 bridgehead atoms. The molecular weight excluding hydrogens is 244 g/mol. The molecule has 1 aromatic rings. The molecule has 5 heteroatoms. The van der Waals surface area contributed by atoms with E-state index in [0.29, 0.717) is 19.1 Å². The van der Waals surface area contributed by atoms with Crippen LogP contribution in [-0.4, -0.2) is 26.9 Å². The molecule has 2 rings (SSSR count). The molecule has 0 aliphatic carbocycles. The lowest BCUT2D eigenvalue weighted by atomic mass is 9.96. The van der Waals surface area contributed by atoms with Gasteiger partial charge in [0.2, 0.25) is 0 Å². The highest BCUT2D eigenvalue weighted by Gasteiger charge is 2.18. The van der Waals surface area contributed by atoms with Crippen molar-refractivity contribution < 1.29 is 14.2 Å². The van der Waals surface area contributed by atoms with Crippen molar-refractivity contribution in [1.82, 2.24) is 5.43 Å². The maximum atomic E-state index is 5.66. The van der Waals surface area contributed by atoms with Crippen LogP contribution in [0.4, 0.5) is 0 Å². The average molecular weight is 266 g/mol. The van der Waals surface area contributed by atoms with E-state index in [1.165, 1.54) is 0 Å². The Labute approximate surface area is 114 Å². The van der Waals surface area contributed by atoms with Crippen molar-refractivity contribution in [3.8, 4) is 11.5 Å². The molecule has 0 spiro atoms. The fraction of sp³-hybridized carbons (Fsp3) is 0.571. The number of benzene rings is 1. The van der Waals surface area contributed by atoms with Crippen LogP contribution in [0.5, 0.6) is 11.5 Å². The first-order chi connectivity index (χ1) is 9.24. The molecule has 1 aromatic carbocycles. The van der Waals surface area contributed by atoms with E-state index in [-0.39, 0.29) is 6.04 Å². The van der Waals surface area contributed by atoms with Crippen LogP contribution in [0, 0.1) is 5.92 Å².